The zero-order valence-electron chi connectivity index (χ0n) is 12.0. The zero-order chi connectivity index (χ0) is 14.8. The summed E-state index contributed by atoms with van der Waals surface area (Å²) in [5.74, 6) is -0.140. The number of carbonyl (C=O) groups is 2. The highest BCUT2D eigenvalue weighted by Gasteiger charge is 2.29. The third kappa shape index (κ3) is 2.59. The second-order valence-corrected chi connectivity index (χ2v) is 5.35. The topological polar surface area (TPSA) is 37.4 Å². The van der Waals surface area contributed by atoms with Gasteiger partial charge >= 0.3 is 0 Å². The van der Waals surface area contributed by atoms with E-state index in [0.29, 0.717) is 19.4 Å². The highest BCUT2D eigenvalue weighted by molar-refractivity contribution is 6.02. The molecule has 0 aliphatic carbocycles. The molecule has 1 aliphatic heterocycles. The van der Waals surface area contributed by atoms with Crippen LogP contribution in [0.4, 0.5) is 0 Å². The lowest BCUT2D eigenvalue weighted by Crippen LogP contribution is -2.28. The van der Waals surface area contributed by atoms with Crippen LogP contribution in [0.25, 0.3) is 11.1 Å². The largest absolute Gasteiger partial charge is 0.278 e. The van der Waals surface area contributed by atoms with E-state index in [0.717, 1.165) is 16.7 Å². The van der Waals surface area contributed by atoms with Gasteiger partial charge in [-0.1, -0.05) is 48.5 Å². The molecular formula is C18H17NO2. The van der Waals surface area contributed by atoms with Crippen LogP contribution in [0.2, 0.25) is 0 Å². The van der Waals surface area contributed by atoms with E-state index >= 15 is 0 Å². The van der Waals surface area contributed by atoms with Gasteiger partial charge in [0.25, 0.3) is 0 Å². The fourth-order valence-corrected chi connectivity index (χ4v) is 2.77. The number of hydrogen-bond donors (Lipinski definition) is 0. The molecule has 3 heteroatoms. The van der Waals surface area contributed by atoms with Crippen LogP contribution < -0.4 is 0 Å². The fraction of sp³-hybridized carbons (Fsp3) is 0.222. The Hall–Kier alpha value is -2.42. The average Bonchev–Trinajstić information content (AvgIpc) is 2.81. The van der Waals surface area contributed by atoms with E-state index in [1.807, 2.05) is 36.4 Å². The van der Waals surface area contributed by atoms with E-state index in [-0.39, 0.29) is 11.8 Å². The highest BCUT2D eigenvalue weighted by atomic mass is 16.2. The fourth-order valence-electron chi connectivity index (χ4n) is 2.77. The molecule has 1 fully saturated rings. The molecule has 21 heavy (non-hydrogen) atoms. The van der Waals surface area contributed by atoms with Crippen molar-refractivity contribution in [1.29, 1.82) is 0 Å². The van der Waals surface area contributed by atoms with Gasteiger partial charge in [0.2, 0.25) is 11.8 Å². The molecule has 0 saturated carbocycles. The summed E-state index contributed by atoms with van der Waals surface area (Å²) in [6, 6.07) is 16.1. The third-order valence-corrected chi connectivity index (χ3v) is 3.94. The molecule has 3 nitrogen and oxygen atoms in total. The van der Waals surface area contributed by atoms with Crippen LogP contribution in [-0.4, -0.2) is 16.7 Å². The molecule has 1 saturated heterocycles. The molecule has 0 unspecified atom stereocenters. The first-order valence-electron chi connectivity index (χ1n) is 7.14. The zero-order valence-corrected chi connectivity index (χ0v) is 12.0. The summed E-state index contributed by atoms with van der Waals surface area (Å²) in [5, 5.41) is 0. The smallest absolute Gasteiger partial charge is 0.229 e. The molecule has 2 amide bonds. The van der Waals surface area contributed by atoms with Gasteiger partial charge in [0, 0.05) is 12.8 Å². The second kappa shape index (κ2) is 5.52. The number of benzene rings is 2. The number of likely N-dealkylation sites (tertiary alicyclic amines) is 1. The summed E-state index contributed by atoms with van der Waals surface area (Å²) in [5.41, 5.74) is 4.43. The van der Waals surface area contributed by atoms with Crippen molar-refractivity contribution in [3.8, 4) is 11.1 Å². The Morgan fingerprint density at radius 2 is 1.43 bits per heavy atom. The summed E-state index contributed by atoms with van der Waals surface area (Å²) in [4.78, 5) is 25.0. The van der Waals surface area contributed by atoms with Crippen LogP contribution in [0, 0.1) is 6.92 Å². The van der Waals surface area contributed by atoms with Crippen LogP contribution >= 0.6 is 0 Å². The Labute approximate surface area is 124 Å². The molecule has 0 aromatic heterocycles. The van der Waals surface area contributed by atoms with Gasteiger partial charge in [0.15, 0.2) is 0 Å². The molecule has 0 bridgehead atoms. The van der Waals surface area contributed by atoms with Crippen molar-refractivity contribution in [2.75, 3.05) is 0 Å². The number of carbonyl (C=O) groups excluding carboxylic acids is 2. The van der Waals surface area contributed by atoms with Crippen molar-refractivity contribution in [3.63, 3.8) is 0 Å². The first kappa shape index (κ1) is 13.6. The van der Waals surface area contributed by atoms with Gasteiger partial charge in [-0.2, -0.15) is 0 Å². The van der Waals surface area contributed by atoms with Gasteiger partial charge in [-0.05, 0) is 29.2 Å². The van der Waals surface area contributed by atoms with E-state index in [1.165, 1.54) is 10.5 Å². The molecule has 0 spiro atoms. The van der Waals surface area contributed by atoms with E-state index < -0.39 is 0 Å². The van der Waals surface area contributed by atoms with Crippen LogP contribution in [0.3, 0.4) is 0 Å². The molecule has 106 valence electrons. The molecule has 0 N–H and O–H groups in total. The normalized spacial score (nSPS) is 14.8. The first-order chi connectivity index (χ1) is 10.2. The Morgan fingerprint density at radius 1 is 0.857 bits per heavy atom. The summed E-state index contributed by atoms with van der Waals surface area (Å²) >= 11 is 0. The van der Waals surface area contributed by atoms with Crippen LogP contribution in [0.5, 0.6) is 0 Å². The maximum Gasteiger partial charge on any atom is 0.229 e. The predicted molar refractivity (Wildman–Crippen MR) is 81.4 cm³/mol. The van der Waals surface area contributed by atoms with E-state index in [9.17, 15) is 9.59 Å². The number of aryl methyl sites for hydroxylation is 1. The Balaban J connectivity index is 1.99. The van der Waals surface area contributed by atoms with Crippen molar-refractivity contribution < 1.29 is 9.59 Å². The van der Waals surface area contributed by atoms with E-state index in [1.54, 1.807) is 0 Å². The number of rotatable bonds is 3. The standard InChI is InChI=1S/C18H17NO2/c1-13-6-2-4-8-15(13)16-9-5-3-7-14(16)12-19-17(20)10-11-18(19)21/h2-9H,10-12H2,1H3. The lowest BCUT2D eigenvalue weighted by molar-refractivity contribution is -0.139. The summed E-state index contributed by atoms with van der Waals surface area (Å²) in [6.07, 6.45) is 0.677. The van der Waals surface area contributed by atoms with Gasteiger partial charge in [-0.3, -0.25) is 14.5 Å². The quantitative estimate of drug-likeness (QED) is 0.808. The average molecular weight is 279 g/mol. The molecule has 0 radical (unpaired) electrons. The van der Waals surface area contributed by atoms with Crippen molar-refractivity contribution in [3.05, 3.63) is 59.7 Å². The van der Waals surface area contributed by atoms with Gasteiger partial charge in [0.05, 0.1) is 6.54 Å². The van der Waals surface area contributed by atoms with Gasteiger partial charge in [-0.15, -0.1) is 0 Å². The Morgan fingerprint density at radius 3 is 2.10 bits per heavy atom. The SMILES string of the molecule is Cc1ccccc1-c1ccccc1CN1C(=O)CCC1=O. The number of nitrogens with zero attached hydrogens (tertiary/aromatic N) is 1. The Kier molecular flexibility index (Phi) is 3.57. The summed E-state index contributed by atoms with van der Waals surface area (Å²) in [7, 11) is 0. The van der Waals surface area contributed by atoms with E-state index in [2.05, 4.69) is 19.1 Å². The number of imide groups is 1. The maximum atomic E-state index is 11.8. The van der Waals surface area contributed by atoms with Gasteiger partial charge < -0.3 is 0 Å². The first-order valence-corrected chi connectivity index (χ1v) is 7.14. The summed E-state index contributed by atoms with van der Waals surface area (Å²) in [6.45, 7) is 2.43. The lowest BCUT2D eigenvalue weighted by Gasteiger charge is -2.17. The lowest BCUT2D eigenvalue weighted by atomic mass is 9.96. The minimum atomic E-state index is -0.0698. The van der Waals surface area contributed by atoms with Crippen molar-refractivity contribution in [2.24, 2.45) is 0 Å². The van der Waals surface area contributed by atoms with Crippen LogP contribution in [0.1, 0.15) is 24.0 Å². The minimum absolute atomic E-state index is 0.0698. The van der Waals surface area contributed by atoms with Crippen molar-refractivity contribution >= 4 is 11.8 Å². The van der Waals surface area contributed by atoms with Gasteiger partial charge in [0.1, 0.15) is 0 Å². The minimum Gasteiger partial charge on any atom is -0.278 e. The summed E-state index contributed by atoms with van der Waals surface area (Å²) < 4.78 is 0. The van der Waals surface area contributed by atoms with Crippen molar-refractivity contribution in [2.45, 2.75) is 26.3 Å². The molecule has 2 aromatic carbocycles. The molecule has 0 atom stereocenters. The van der Waals surface area contributed by atoms with E-state index in [4.69, 9.17) is 0 Å². The van der Waals surface area contributed by atoms with Crippen LogP contribution in [-0.2, 0) is 16.1 Å². The highest BCUT2D eigenvalue weighted by Crippen LogP contribution is 2.28. The molecule has 1 aliphatic rings. The predicted octanol–water partition coefficient (Wildman–Crippen LogP) is 3.31. The maximum absolute atomic E-state index is 11.8. The monoisotopic (exact) mass is 279 g/mol. The molecule has 1 heterocycles. The molecule has 2 aromatic rings. The second-order valence-electron chi connectivity index (χ2n) is 5.35. The van der Waals surface area contributed by atoms with Crippen molar-refractivity contribution in [1.82, 2.24) is 4.90 Å². The third-order valence-electron chi connectivity index (χ3n) is 3.94. The molecular weight excluding hydrogens is 262 g/mol. The molecule has 3 rings (SSSR count). The number of amides is 2. The Bertz CT molecular complexity index is 690. The van der Waals surface area contributed by atoms with Crippen LogP contribution in [0.15, 0.2) is 48.5 Å². The van der Waals surface area contributed by atoms with Gasteiger partial charge in [-0.25, -0.2) is 0 Å². The number of hydrogen-bond acceptors (Lipinski definition) is 2.